The number of unbranched alkanes of at least 4 members (excludes halogenated alkanes) is 1. The Morgan fingerprint density at radius 3 is 2.38 bits per heavy atom. The number of thioether (sulfide) groups is 1. The molecule has 0 heterocycles. The molecule has 1 unspecified atom stereocenters. The third kappa shape index (κ3) is 15.4. The summed E-state index contributed by atoms with van der Waals surface area (Å²) in [6, 6.07) is 0. The molecule has 26 heavy (non-hydrogen) atoms. The quantitative estimate of drug-likeness (QED) is 0.276. The monoisotopic (exact) mass is 388 g/mol. The Balaban J connectivity index is 3.32. The van der Waals surface area contributed by atoms with Gasteiger partial charge in [-0.2, -0.15) is 11.8 Å². The lowest BCUT2D eigenvalue weighted by Crippen LogP contribution is -2.31. The number of carbonyl (C=O) groups excluding carboxylic acids is 2. The van der Waals surface area contributed by atoms with E-state index >= 15 is 0 Å². The Bertz CT molecular complexity index is 405. The van der Waals surface area contributed by atoms with Crippen LogP contribution in [0.1, 0.15) is 39.5 Å². The number of nitrogens with one attached hydrogen (secondary N) is 1. The Hall–Kier alpha value is -0.890. The van der Waals surface area contributed by atoms with E-state index in [1.54, 1.807) is 18.7 Å². The molecule has 0 aliphatic rings. The smallest absolute Gasteiger partial charge is 0.223 e. The van der Waals surface area contributed by atoms with Crippen LogP contribution in [0.25, 0.3) is 0 Å². The van der Waals surface area contributed by atoms with E-state index < -0.39 is 0 Å². The van der Waals surface area contributed by atoms with Crippen molar-refractivity contribution in [2.24, 2.45) is 11.7 Å². The minimum absolute atomic E-state index is 0.00607. The Kier molecular flexibility index (Phi) is 16.9. The van der Waals surface area contributed by atoms with Crippen LogP contribution >= 0.6 is 11.8 Å². The Morgan fingerprint density at radius 1 is 1.12 bits per heavy atom. The molecule has 152 valence electrons. The summed E-state index contributed by atoms with van der Waals surface area (Å²) in [6.07, 6.45) is 3.03. The number of amides is 1. The molecule has 0 aliphatic carbocycles. The molecule has 1 atom stereocenters. The number of ether oxygens (including phenoxy) is 2. The summed E-state index contributed by atoms with van der Waals surface area (Å²) in [5.41, 5.74) is 6.05. The number of nitrogens with two attached hydrogens (primary N) is 1. The van der Waals surface area contributed by atoms with Gasteiger partial charge in [0, 0.05) is 50.1 Å². The molecule has 0 aliphatic heterocycles. The number of hydrogen-bond acceptors (Lipinski definition) is 6. The summed E-state index contributed by atoms with van der Waals surface area (Å²) in [6.45, 7) is 10.9. The number of rotatable bonds is 18. The minimum Gasteiger partial charge on any atom is -0.379 e. The fourth-order valence-electron chi connectivity index (χ4n) is 2.00. The van der Waals surface area contributed by atoms with Gasteiger partial charge >= 0.3 is 0 Å². The van der Waals surface area contributed by atoms with Gasteiger partial charge in [-0.25, -0.2) is 0 Å². The summed E-state index contributed by atoms with van der Waals surface area (Å²) >= 11 is 1.71. The van der Waals surface area contributed by atoms with Crippen molar-refractivity contribution >= 4 is 23.5 Å². The van der Waals surface area contributed by atoms with Crippen LogP contribution in [0.4, 0.5) is 0 Å². The molecular formula is C19H36N2O4S. The third-order valence-corrected chi connectivity index (χ3v) is 4.89. The van der Waals surface area contributed by atoms with E-state index in [1.165, 1.54) is 0 Å². The van der Waals surface area contributed by atoms with Crippen molar-refractivity contribution in [3.8, 4) is 0 Å². The van der Waals surface area contributed by atoms with Gasteiger partial charge in [0.1, 0.15) is 0 Å². The molecule has 0 saturated carbocycles. The fraction of sp³-hybridized carbons (Fsp3) is 0.789. The molecule has 0 fully saturated rings. The predicted octanol–water partition coefficient (Wildman–Crippen LogP) is 2.17. The maximum Gasteiger partial charge on any atom is 0.223 e. The van der Waals surface area contributed by atoms with Crippen LogP contribution in [0.2, 0.25) is 0 Å². The van der Waals surface area contributed by atoms with Gasteiger partial charge in [-0.3, -0.25) is 9.59 Å². The molecule has 0 aromatic carbocycles. The van der Waals surface area contributed by atoms with Crippen LogP contribution in [0.3, 0.4) is 0 Å². The van der Waals surface area contributed by atoms with Crippen LogP contribution in [0.5, 0.6) is 0 Å². The summed E-state index contributed by atoms with van der Waals surface area (Å²) < 4.78 is 10.9. The SMILES string of the molecule is C=C(C)C(=O)CCCCOCCOCCCNC(=O)C(C)CSCCN. The highest BCUT2D eigenvalue weighted by atomic mass is 32.2. The van der Waals surface area contributed by atoms with Crippen LogP contribution in [-0.2, 0) is 19.1 Å². The highest BCUT2D eigenvalue weighted by Gasteiger charge is 2.11. The van der Waals surface area contributed by atoms with Crippen molar-refractivity contribution in [1.29, 1.82) is 0 Å². The van der Waals surface area contributed by atoms with Crippen molar-refractivity contribution in [2.45, 2.75) is 39.5 Å². The largest absolute Gasteiger partial charge is 0.379 e. The van der Waals surface area contributed by atoms with Crippen LogP contribution < -0.4 is 11.1 Å². The topological polar surface area (TPSA) is 90.6 Å². The predicted molar refractivity (Wildman–Crippen MR) is 108 cm³/mol. The lowest BCUT2D eigenvalue weighted by molar-refractivity contribution is -0.123. The van der Waals surface area contributed by atoms with Crippen LogP contribution in [0.15, 0.2) is 12.2 Å². The summed E-state index contributed by atoms with van der Waals surface area (Å²) in [7, 11) is 0. The highest BCUT2D eigenvalue weighted by molar-refractivity contribution is 7.99. The lowest BCUT2D eigenvalue weighted by Gasteiger charge is -2.11. The second-order valence-corrected chi connectivity index (χ2v) is 7.44. The Labute approximate surface area is 162 Å². The zero-order valence-corrected chi connectivity index (χ0v) is 17.2. The van der Waals surface area contributed by atoms with Gasteiger partial charge in [-0.15, -0.1) is 0 Å². The van der Waals surface area contributed by atoms with Crippen molar-refractivity contribution in [2.75, 3.05) is 51.0 Å². The van der Waals surface area contributed by atoms with Crippen LogP contribution in [-0.4, -0.2) is 62.7 Å². The zero-order valence-electron chi connectivity index (χ0n) is 16.4. The van der Waals surface area contributed by atoms with Gasteiger partial charge in [0.15, 0.2) is 5.78 Å². The summed E-state index contributed by atoms with van der Waals surface area (Å²) in [4.78, 5) is 23.2. The minimum atomic E-state index is 0.00607. The molecule has 3 N–H and O–H groups in total. The highest BCUT2D eigenvalue weighted by Crippen LogP contribution is 2.07. The van der Waals surface area contributed by atoms with E-state index in [0.29, 0.717) is 51.5 Å². The fourth-order valence-corrected chi connectivity index (χ4v) is 2.84. The van der Waals surface area contributed by atoms with E-state index in [1.807, 2.05) is 6.92 Å². The maximum absolute atomic E-state index is 11.8. The normalized spacial score (nSPS) is 12.0. The second kappa shape index (κ2) is 17.5. The first-order valence-electron chi connectivity index (χ1n) is 9.38. The van der Waals surface area contributed by atoms with E-state index in [2.05, 4.69) is 11.9 Å². The molecule has 0 rings (SSSR count). The number of allylic oxidation sites excluding steroid dienone is 1. The maximum atomic E-state index is 11.8. The summed E-state index contributed by atoms with van der Waals surface area (Å²) in [5, 5.41) is 2.92. The summed E-state index contributed by atoms with van der Waals surface area (Å²) in [5.74, 6) is 1.91. The van der Waals surface area contributed by atoms with E-state index in [0.717, 1.165) is 30.8 Å². The Morgan fingerprint density at radius 2 is 1.77 bits per heavy atom. The number of carbonyl (C=O) groups is 2. The standard InChI is InChI=1S/C19H36N2O4S/c1-16(2)18(22)7-4-5-10-24-12-13-25-11-6-9-21-19(23)17(3)15-26-14-8-20/h17H,1,4-15,20H2,2-3H3,(H,21,23). The van der Waals surface area contributed by atoms with Gasteiger partial charge in [0.05, 0.1) is 13.2 Å². The van der Waals surface area contributed by atoms with Crippen molar-refractivity contribution in [3.05, 3.63) is 12.2 Å². The van der Waals surface area contributed by atoms with Gasteiger partial charge in [0.25, 0.3) is 0 Å². The molecule has 0 saturated heterocycles. The first kappa shape index (κ1) is 25.1. The zero-order chi connectivity index (χ0) is 19.6. The van der Waals surface area contributed by atoms with E-state index in [9.17, 15) is 9.59 Å². The van der Waals surface area contributed by atoms with Crippen LogP contribution in [0, 0.1) is 5.92 Å². The van der Waals surface area contributed by atoms with Gasteiger partial charge < -0.3 is 20.5 Å². The molecule has 6 nitrogen and oxygen atoms in total. The molecule has 7 heteroatoms. The number of hydrogen-bond donors (Lipinski definition) is 2. The average Bonchev–Trinajstić information content (AvgIpc) is 2.62. The van der Waals surface area contributed by atoms with E-state index in [-0.39, 0.29) is 17.6 Å². The molecule has 1 amide bonds. The van der Waals surface area contributed by atoms with Crippen molar-refractivity contribution in [1.82, 2.24) is 5.32 Å². The van der Waals surface area contributed by atoms with Crippen molar-refractivity contribution < 1.29 is 19.1 Å². The molecule has 0 radical (unpaired) electrons. The first-order valence-corrected chi connectivity index (χ1v) is 10.5. The third-order valence-electron chi connectivity index (χ3n) is 3.63. The molecule has 0 aromatic heterocycles. The van der Waals surface area contributed by atoms with Gasteiger partial charge in [-0.1, -0.05) is 13.5 Å². The molecule has 0 aromatic rings. The second-order valence-electron chi connectivity index (χ2n) is 6.29. The number of ketones is 1. The van der Waals surface area contributed by atoms with Gasteiger partial charge in [0.2, 0.25) is 5.91 Å². The lowest BCUT2D eigenvalue weighted by atomic mass is 10.1. The first-order chi connectivity index (χ1) is 12.5. The van der Waals surface area contributed by atoms with Gasteiger partial charge in [-0.05, 0) is 31.8 Å². The van der Waals surface area contributed by atoms with E-state index in [4.69, 9.17) is 15.2 Å². The number of Topliss-reactive ketones (excluding diaryl/α,β-unsaturated/α-hetero) is 1. The molecule has 0 spiro atoms. The average molecular weight is 389 g/mol. The molecular weight excluding hydrogens is 352 g/mol. The molecule has 0 bridgehead atoms. The van der Waals surface area contributed by atoms with Crippen molar-refractivity contribution in [3.63, 3.8) is 0 Å².